The smallest absolute Gasteiger partial charge is 0.306 e. The lowest BCUT2D eigenvalue weighted by Crippen LogP contribution is -2.08. The lowest BCUT2D eigenvalue weighted by atomic mass is 10.1. The number of para-hydroxylation sites is 1. The van der Waals surface area contributed by atoms with Gasteiger partial charge in [-0.1, -0.05) is 41.4 Å². The molecule has 0 saturated carbocycles. The first kappa shape index (κ1) is 18.2. The maximum atomic E-state index is 11.9. The first-order chi connectivity index (χ1) is 12.1. The third-order valence-electron chi connectivity index (χ3n) is 3.77. The largest absolute Gasteiger partial charge is 0.465 e. The predicted octanol–water partition coefficient (Wildman–Crippen LogP) is 5.74. The number of aromatic amines is 1. The highest BCUT2D eigenvalue weighted by Crippen LogP contribution is 2.29. The van der Waals surface area contributed by atoms with Crippen LogP contribution in [-0.4, -0.2) is 23.3 Å². The van der Waals surface area contributed by atoms with Crippen molar-refractivity contribution in [3.63, 3.8) is 0 Å². The van der Waals surface area contributed by atoms with E-state index in [9.17, 15) is 4.79 Å². The second kappa shape index (κ2) is 8.65. The van der Waals surface area contributed by atoms with Crippen LogP contribution in [0.1, 0.15) is 12.0 Å². The fourth-order valence-electron chi connectivity index (χ4n) is 2.54. The van der Waals surface area contributed by atoms with Crippen LogP contribution in [0.25, 0.3) is 10.9 Å². The standard InChI is InChI=1S/C19H17Cl2NO2S/c20-14-6-7-16(21)18(11-14)25-10-9-24-19(23)8-5-13-12-22-17-4-2-1-3-15(13)17/h1-4,6-7,11-12,22H,5,8-10H2. The summed E-state index contributed by atoms with van der Waals surface area (Å²) < 4.78 is 5.30. The van der Waals surface area contributed by atoms with Crippen LogP contribution in [0.4, 0.5) is 0 Å². The number of aryl methyl sites for hydroxylation is 1. The fourth-order valence-corrected chi connectivity index (χ4v) is 3.86. The fraction of sp³-hybridized carbons (Fsp3) is 0.211. The van der Waals surface area contributed by atoms with E-state index in [2.05, 4.69) is 11.1 Å². The normalized spacial score (nSPS) is 11.0. The van der Waals surface area contributed by atoms with Gasteiger partial charge in [0.05, 0.1) is 5.02 Å². The Labute approximate surface area is 160 Å². The summed E-state index contributed by atoms with van der Waals surface area (Å²) in [7, 11) is 0. The van der Waals surface area contributed by atoms with Crippen LogP contribution in [0.5, 0.6) is 0 Å². The molecule has 0 unspecified atom stereocenters. The molecule has 0 amide bonds. The highest BCUT2D eigenvalue weighted by Gasteiger charge is 2.08. The minimum absolute atomic E-state index is 0.192. The minimum atomic E-state index is -0.192. The van der Waals surface area contributed by atoms with Crippen LogP contribution in [0, 0.1) is 0 Å². The summed E-state index contributed by atoms with van der Waals surface area (Å²) in [5.74, 6) is 0.446. The summed E-state index contributed by atoms with van der Waals surface area (Å²) >= 11 is 13.6. The van der Waals surface area contributed by atoms with Crippen LogP contribution in [0.15, 0.2) is 53.6 Å². The van der Waals surface area contributed by atoms with Gasteiger partial charge in [-0.25, -0.2) is 0 Å². The van der Waals surface area contributed by atoms with Crippen LogP contribution in [-0.2, 0) is 16.0 Å². The lowest BCUT2D eigenvalue weighted by Gasteiger charge is -2.06. The highest BCUT2D eigenvalue weighted by atomic mass is 35.5. The van der Waals surface area contributed by atoms with Crippen LogP contribution < -0.4 is 0 Å². The van der Waals surface area contributed by atoms with Gasteiger partial charge in [0.15, 0.2) is 0 Å². The third-order valence-corrected chi connectivity index (χ3v) is 5.47. The highest BCUT2D eigenvalue weighted by molar-refractivity contribution is 7.99. The van der Waals surface area contributed by atoms with Gasteiger partial charge in [-0.15, -0.1) is 11.8 Å². The van der Waals surface area contributed by atoms with Crippen molar-refractivity contribution in [1.82, 2.24) is 4.98 Å². The van der Waals surface area contributed by atoms with Crippen molar-refractivity contribution in [2.45, 2.75) is 17.7 Å². The molecule has 0 saturated heterocycles. The van der Waals surface area contributed by atoms with Crippen molar-refractivity contribution in [2.24, 2.45) is 0 Å². The molecule has 1 aromatic heterocycles. The molecule has 0 radical (unpaired) electrons. The lowest BCUT2D eigenvalue weighted by molar-refractivity contribution is -0.142. The van der Waals surface area contributed by atoms with Crippen molar-refractivity contribution < 1.29 is 9.53 Å². The maximum absolute atomic E-state index is 11.9. The Morgan fingerprint density at radius 2 is 2.00 bits per heavy atom. The SMILES string of the molecule is O=C(CCc1c[nH]c2ccccc12)OCCSc1cc(Cl)ccc1Cl. The molecule has 3 aromatic rings. The van der Waals surface area contributed by atoms with E-state index in [0.29, 0.717) is 35.2 Å². The quantitative estimate of drug-likeness (QED) is 0.316. The monoisotopic (exact) mass is 393 g/mol. The average Bonchev–Trinajstić information content (AvgIpc) is 3.03. The molecule has 3 rings (SSSR count). The van der Waals surface area contributed by atoms with Crippen molar-refractivity contribution in [3.8, 4) is 0 Å². The number of rotatable bonds is 7. The van der Waals surface area contributed by atoms with Crippen LogP contribution in [0.2, 0.25) is 10.0 Å². The molecule has 130 valence electrons. The van der Waals surface area contributed by atoms with E-state index < -0.39 is 0 Å². The molecule has 0 fully saturated rings. The Kier molecular flexibility index (Phi) is 6.29. The van der Waals surface area contributed by atoms with Crippen molar-refractivity contribution in [1.29, 1.82) is 0 Å². The number of halogens is 2. The van der Waals surface area contributed by atoms with Crippen LogP contribution >= 0.6 is 35.0 Å². The van der Waals surface area contributed by atoms with E-state index in [0.717, 1.165) is 21.4 Å². The number of H-pyrrole nitrogens is 1. The van der Waals surface area contributed by atoms with E-state index in [4.69, 9.17) is 27.9 Å². The second-order valence-electron chi connectivity index (χ2n) is 5.50. The number of esters is 1. The zero-order chi connectivity index (χ0) is 17.6. The van der Waals surface area contributed by atoms with Gasteiger partial charge < -0.3 is 9.72 Å². The predicted molar refractivity (Wildman–Crippen MR) is 105 cm³/mol. The van der Waals surface area contributed by atoms with Gasteiger partial charge in [-0.3, -0.25) is 4.79 Å². The number of benzene rings is 2. The molecule has 3 nitrogen and oxygen atoms in total. The number of hydrogen-bond acceptors (Lipinski definition) is 3. The molecule has 25 heavy (non-hydrogen) atoms. The summed E-state index contributed by atoms with van der Waals surface area (Å²) in [4.78, 5) is 16.0. The van der Waals surface area contributed by atoms with Gasteiger partial charge in [0.25, 0.3) is 0 Å². The van der Waals surface area contributed by atoms with E-state index in [1.54, 1.807) is 12.1 Å². The summed E-state index contributed by atoms with van der Waals surface area (Å²) in [6.07, 6.45) is 2.98. The van der Waals surface area contributed by atoms with Gasteiger partial charge >= 0.3 is 5.97 Å². The third kappa shape index (κ3) is 4.94. The number of carbonyl (C=O) groups excluding carboxylic acids is 1. The molecular weight excluding hydrogens is 377 g/mol. The number of thioether (sulfide) groups is 1. The van der Waals surface area contributed by atoms with Crippen molar-refractivity contribution in [3.05, 3.63) is 64.3 Å². The summed E-state index contributed by atoms with van der Waals surface area (Å²) in [5, 5.41) is 2.45. The Hall–Kier alpha value is -1.62. The summed E-state index contributed by atoms with van der Waals surface area (Å²) in [6, 6.07) is 13.4. The van der Waals surface area contributed by atoms with E-state index >= 15 is 0 Å². The number of hydrogen-bond donors (Lipinski definition) is 1. The average molecular weight is 394 g/mol. The number of nitrogens with one attached hydrogen (secondary N) is 1. The number of fused-ring (bicyclic) bond motifs is 1. The van der Waals surface area contributed by atoms with Gasteiger partial charge in [0.1, 0.15) is 6.61 Å². The molecule has 0 aliphatic heterocycles. The molecule has 2 aromatic carbocycles. The molecule has 0 spiro atoms. The maximum Gasteiger partial charge on any atom is 0.306 e. The molecule has 0 bridgehead atoms. The molecule has 1 N–H and O–H groups in total. The topological polar surface area (TPSA) is 42.1 Å². The van der Waals surface area contributed by atoms with E-state index in [1.165, 1.54) is 11.8 Å². The minimum Gasteiger partial charge on any atom is -0.465 e. The molecule has 0 atom stereocenters. The summed E-state index contributed by atoms with van der Waals surface area (Å²) in [5.41, 5.74) is 2.22. The zero-order valence-corrected chi connectivity index (χ0v) is 15.8. The zero-order valence-electron chi connectivity index (χ0n) is 13.4. The first-order valence-electron chi connectivity index (χ1n) is 7.92. The second-order valence-corrected chi connectivity index (χ2v) is 7.48. The van der Waals surface area contributed by atoms with Gasteiger partial charge in [0.2, 0.25) is 0 Å². The van der Waals surface area contributed by atoms with Gasteiger partial charge in [-0.2, -0.15) is 0 Å². The Bertz CT molecular complexity index is 879. The molecule has 1 heterocycles. The Balaban J connectivity index is 1.42. The molecule has 0 aliphatic rings. The number of aromatic nitrogens is 1. The number of carbonyl (C=O) groups is 1. The van der Waals surface area contributed by atoms with Gasteiger partial charge in [-0.05, 0) is 36.2 Å². The van der Waals surface area contributed by atoms with E-state index in [-0.39, 0.29) is 5.97 Å². The number of ether oxygens (including phenoxy) is 1. The first-order valence-corrected chi connectivity index (χ1v) is 9.66. The Morgan fingerprint density at radius 1 is 1.16 bits per heavy atom. The van der Waals surface area contributed by atoms with Crippen LogP contribution in [0.3, 0.4) is 0 Å². The van der Waals surface area contributed by atoms with Gasteiger partial charge in [0, 0.05) is 39.2 Å². The van der Waals surface area contributed by atoms with Crippen molar-refractivity contribution >= 4 is 51.8 Å². The van der Waals surface area contributed by atoms with Crippen molar-refractivity contribution in [2.75, 3.05) is 12.4 Å². The summed E-state index contributed by atoms with van der Waals surface area (Å²) in [6.45, 7) is 0.347. The van der Waals surface area contributed by atoms with E-state index in [1.807, 2.05) is 30.5 Å². The molecule has 6 heteroatoms. The molecule has 0 aliphatic carbocycles. The Morgan fingerprint density at radius 3 is 2.88 bits per heavy atom. The molecular formula is C19H17Cl2NO2S.